The van der Waals surface area contributed by atoms with Gasteiger partial charge in [0.15, 0.2) is 0 Å². The number of hydrogen-bond acceptors (Lipinski definition) is 2. The van der Waals surface area contributed by atoms with E-state index in [1.807, 2.05) is 6.07 Å². The highest BCUT2D eigenvalue weighted by atomic mass is 16.1. The van der Waals surface area contributed by atoms with E-state index in [1.54, 1.807) is 0 Å². The highest BCUT2D eigenvalue weighted by Crippen LogP contribution is 2.25. The van der Waals surface area contributed by atoms with Crippen LogP contribution in [0.15, 0.2) is 18.2 Å². The molecule has 2 aliphatic rings. The Hall–Kier alpha value is -1.51. The molecule has 2 N–H and O–H groups in total. The van der Waals surface area contributed by atoms with Crippen LogP contribution in [0.25, 0.3) is 0 Å². The van der Waals surface area contributed by atoms with Gasteiger partial charge < -0.3 is 10.6 Å². The van der Waals surface area contributed by atoms with Crippen LogP contribution >= 0.6 is 0 Å². The third-order valence-electron chi connectivity index (χ3n) is 4.98. The Morgan fingerprint density at radius 1 is 1.19 bits per heavy atom. The van der Waals surface area contributed by atoms with Crippen molar-refractivity contribution < 1.29 is 4.79 Å². The largest absolute Gasteiger partial charge is 0.385 e. The molecule has 1 fully saturated rings. The highest BCUT2D eigenvalue weighted by Gasteiger charge is 2.22. The van der Waals surface area contributed by atoms with Crippen molar-refractivity contribution in [2.45, 2.75) is 57.9 Å². The predicted octanol–water partition coefficient (Wildman–Crippen LogP) is 3.74. The van der Waals surface area contributed by atoms with Crippen molar-refractivity contribution in [1.82, 2.24) is 5.32 Å². The van der Waals surface area contributed by atoms with E-state index in [1.165, 1.54) is 36.9 Å². The van der Waals surface area contributed by atoms with Crippen molar-refractivity contribution in [2.24, 2.45) is 5.92 Å². The fourth-order valence-electron chi connectivity index (χ4n) is 3.58. The minimum absolute atomic E-state index is 0.0992. The van der Waals surface area contributed by atoms with E-state index < -0.39 is 0 Å². The molecule has 2 unspecified atom stereocenters. The van der Waals surface area contributed by atoms with Gasteiger partial charge >= 0.3 is 0 Å². The smallest absolute Gasteiger partial charge is 0.251 e. The van der Waals surface area contributed by atoms with E-state index in [0.717, 1.165) is 31.4 Å². The van der Waals surface area contributed by atoms with Gasteiger partial charge in [0.25, 0.3) is 5.91 Å². The van der Waals surface area contributed by atoms with Gasteiger partial charge in [-0.25, -0.2) is 0 Å². The molecule has 3 nitrogen and oxygen atoms in total. The first-order chi connectivity index (χ1) is 10.2. The normalized spacial score (nSPS) is 25.4. The Kier molecular flexibility index (Phi) is 4.47. The maximum Gasteiger partial charge on any atom is 0.251 e. The van der Waals surface area contributed by atoms with Crippen LogP contribution in [0, 0.1) is 5.92 Å². The summed E-state index contributed by atoms with van der Waals surface area (Å²) in [5.74, 6) is 0.692. The Morgan fingerprint density at radius 2 is 2.05 bits per heavy atom. The van der Waals surface area contributed by atoms with Gasteiger partial charge in [-0.3, -0.25) is 4.79 Å². The third kappa shape index (κ3) is 3.39. The van der Waals surface area contributed by atoms with E-state index in [2.05, 4.69) is 29.7 Å². The first kappa shape index (κ1) is 14.4. The average Bonchev–Trinajstić information content (AvgIpc) is 2.72. The summed E-state index contributed by atoms with van der Waals surface area (Å²) in [6, 6.07) is 6.42. The number of rotatable bonds is 2. The third-order valence-corrected chi connectivity index (χ3v) is 4.98. The second kappa shape index (κ2) is 6.50. The summed E-state index contributed by atoms with van der Waals surface area (Å²) in [4.78, 5) is 12.5. The van der Waals surface area contributed by atoms with Gasteiger partial charge in [-0.05, 0) is 55.4 Å². The molecule has 1 aliphatic heterocycles. The van der Waals surface area contributed by atoms with Crippen LogP contribution < -0.4 is 10.6 Å². The highest BCUT2D eigenvalue weighted by molar-refractivity contribution is 5.95. The molecule has 1 aromatic rings. The van der Waals surface area contributed by atoms with Crippen molar-refractivity contribution in [3.63, 3.8) is 0 Å². The van der Waals surface area contributed by atoms with Crippen LogP contribution in [-0.4, -0.2) is 18.5 Å². The minimum atomic E-state index is 0.0992. The van der Waals surface area contributed by atoms with Crippen molar-refractivity contribution in [1.29, 1.82) is 0 Å². The maximum atomic E-state index is 12.5. The van der Waals surface area contributed by atoms with Gasteiger partial charge in [0.1, 0.15) is 0 Å². The van der Waals surface area contributed by atoms with E-state index in [-0.39, 0.29) is 5.91 Å². The van der Waals surface area contributed by atoms with Crippen molar-refractivity contribution in [3.05, 3.63) is 29.3 Å². The number of nitrogens with one attached hydrogen (secondary N) is 2. The Balaban J connectivity index is 1.69. The molecule has 2 atom stereocenters. The van der Waals surface area contributed by atoms with Crippen molar-refractivity contribution in [3.8, 4) is 0 Å². The fourth-order valence-corrected chi connectivity index (χ4v) is 3.58. The second-order valence-electron chi connectivity index (χ2n) is 6.60. The number of fused-ring (bicyclic) bond motifs is 1. The number of carbonyl (C=O) groups is 1. The quantitative estimate of drug-likeness (QED) is 0.813. The number of aryl methyl sites for hydroxylation is 1. The van der Waals surface area contributed by atoms with E-state index >= 15 is 0 Å². The lowest BCUT2D eigenvalue weighted by molar-refractivity contribution is 0.0921. The van der Waals surface area contributed by atoms with E-state index in [9.17, 15) is 4.79 Å². The van der Waals surface area contributed by atoms with Crippen LogP contribution in [0.4, 0.5) is 5.69 Å². The lowest BCUT2D eigenvalue weighted by Crippen LogP contribution is -2.38. The monoisotopic (exact) mass is 286 g/mol. The summed E-state index contributed by atoms with van der Waals surface area (Å²) in [5, 5.41) is 6.67. The van der Waals surface area contributed by atoms with Crippen LogP contribution in [-0.2, 0) is 6.42 Å². The van der Waals surface area contributed by atoms with Crippen LogP contribution in [0.2, 0.25) is 0 Å². The van der Waals surface area contributed by atoms with Crippen LogP contribution in [0.3, 0.4) is 0 Å². The molecule has 21 heavy (non-hydrogen) atoms. The molecule has 0 radical (unpaired) electrons. The maximum absolute atomic E-state index is 12.5. The first-order valence-corrected chi connectivity index (χ1v) is 8.42. The number of hydrogen-bond donors (Lipinski definition) is 2. The predicted molar refractivity (Wildman–Crippen MR) is 86.8 cm³/mol. The van der Waals surface area contributed by atoms with Gasteiger partial charge in [-0.1, -0.05) is 26.2 Å². The van der Waals surface area contributed by atoms with Gasteiger partial charge in [0.2, 0.25) is 0 Å². The van der Waals surface area contributed by atoms with Gasteiger partial charge in [-0.2, -0.15) is 0 Å². The topological polar surface area (TPSA) is 41.1 Å². The van der Waals surface area contributed by atoms with Crippen molar-refractivity contribution >= 4 is 11.6 Å². The van der Waals surface area contributed by atoms with Crippen molar-refractivity contribution in [2.75, 3.05) is 11.9 Å². The Morgan fingerprint density at radius 3 is 2.95 bits per heavy atom. The first-order valence-electron chi connectivity index (χ1n) is 8.42. The zero-order valence-electron chi connectivity index (χ0n) is 13.0. The summed E-state index contributed by atoms with van der Waals surface area (Å²) in [6.45, 7) is 3.31. The molecule has 1 aliphatic carbocycles. The molecule has 1 amide bonds. The molecule has 0 aromatic heterocycles. The number of benzene rings is 1. The zero-order valence-corrected chi connectivity index (χ0v) is 13.0. The number of amides is 1. The average molecular weight is 286 g/mol. The second-order valence-corrected chi connectivity index (χ2v) is 6.60. The number of anilines is 1. The molecule has 3 heteroatoms. The molecule has 0 saturated heterocycles. The summed E-state index contributed by atoms with van der Waals surface area (Å²) in [5.41, 5.74) is 3.29. The molecule has 1 heterocycles. The fraction of sp³-hybridized carbons (Fsp3) is 0.611. The van der Waals surface area contributed by atoms with Crippen LogP contribution in [0.1, 0.15) is 61.4 Å². The molecular formula is C18H26N2O. The molecule has 1 aromatic carbocycles. The van der Waals surface area contributed by atoms with E-state index in [0.29, 0.717) is 12.0 Å². The summed E-state index contributed by atoms with van der Waals surface area (Å²) < 4.78 is 0. The standard InChI is InChI=1S/C18H26N2O/c1-13-6-3-2-4-8-16(13)20-18(21)15-9-10-17-14(12-15)7-5-11-19-17/h9-10,12-13,16,19H,2-8,11H2,1H3,(H,20,21). The minimum Gasteiger partial charge on any atom is -0.385 e. The van der Waals surface area contributed by atoms with Gasteiger partial charge in [-0.15, -0.1) is 0 Å². The zero-order chi connectivity index (χ0) is 14.7. The lowest BCUT2D eigenvalue weighted by Gasteiger charge is -2.23. The lowest BCUT2D eigenvalue weighted by atomic mass is 9.96. The van der Waals surface area contributed by atoms with Crippen LogP contribution in [0.5, 0.6) is 0 Å². The molecule has 3 rings (SSSR count). The molecule has 114 valence electrons. The Labute approximate surface area is 127 Å². The SMILES string of the molecule is CC1CCCCCC1NC(=O)c1ccc2c(c1)CCCN2. The molecule has 0 spiro atoms. The molecular weight excluding hydrogens is 260 g/mol. The Bertz CT molecular complexity index is 512. The van der Waals surface area contributed by atoms with Gasteiger partial charge in [0.05, 0.1) is 0 Å². The summed E-state index contributed by atoms with van der Waals surface area (Å²) in [7, 11) is 0. The molecule has 1 saturated carbocycles. The van der Waals surface area contributed by atoms with E-state index in [4.69, 9.17) is 0 Å². The molecule has 0 bridgehead atoms. The summed E-state index contributed by atoms with van der Waals surface area (Å²) >= 11 is 0. The summed E-state index contributed by atoms with van der Waals surface area (Å²) in [6.07, 6.45) is 8.43. The van der Waals surface area contributed by atoms with Gasteiger partial charge in [0, 0.05) is 23.8 Å². The number of carbonyl (C=O) groups excluding carboxylic acids is 1.